The van der Waals surface area contributed by atoms with Crippen molar-refractivity contribution >= 4 is 17.5 Å². The van der Waals surface area contributed by atoms with E-state index in [9.17, 15) is 19.7 Å². The number of carbonyl (C=O) groups excluding carboxylic acids is 2. The molecule has 0 bridgehead atoms. The van der Waals surface area contributed by atoms with Crippen molar-refractivity contribution in [2.45, 2.75) is 5.92 Å². The highest BCUT2D eigenvalue weighted by molar-refractivity contribution is 5.87. The van der Waals surface area contributed by atoms with Crippen molar-refractivity contribution in [3.8, 4) is 0 Å². The molecule has 1 rings (SSSR count). The van der Waals surface area contributed by atoms with Gasteiger partial charge in [0.2, 0.25) is 11.8 Å². The minimum Gasteiger partial charge on any atom is -0.366 e. The Kier molecular flexibility index (Phi) is 5.16. The summed E-state index contributed by atoms with van der Waals surface area (Å²) < 4.78 is 0. The lowest BCUT2D eigenvalue weighted by atomic mass is 9.96. The van der Waals surface area contributed by atoms with Crippen LogP contribution in [-0.4, -0.2) is 16.7 Å². The highest BCUT2D eigenvalue weighted by Crippen LogP contribution is 2.28. The maximum atomic E-state index is 11.0. The highest BCUT2D eigenvalue weighted by atomic mass is 16.6. The predicted molar refractivity (Wildman–Crippen MR) is 72.5 cm³/mol. The quantitative estimate of drug-likeness (QED) is 0.451. The minimum atomic E-state index is -0.693. The fraction of sp³-hybridized carbons (Fsp3) is 0.0769. The summed E-state index contributed by atoms with van der Waals surface area (Å²) in [4.78, 5) is 32.0. The first-order valence-corrected chi connectivity index (χ1v) is 5.60. The molecular weight excluding hydrogens is 262 g/mol. The molecule has 0 atom stereocenters. The largest absolute Gasteiger partial charge is 0.366 e. The molecular formula is C13H13N3O4. The lowest BCUT2D eigenvalue weighted by Gasteiger charge is -2.08. The van der Waals surface area contributed by atoms with E-state index >= 15 is 0 Å². The molecule has 0 spiro atoms. The summed E-state index contributed by atoms with van der Waals surface area (Å²) in [6.07, 6.45) is 4.88. The van der Waals surface area contributed by atoms with Gasteiger partial charge in [-0.1, -0.05) is 30.4 Å². The van der Waals surface area contributed by atoms with E-state index in [1.807, 2.05) is 0 Å². The number of para-hydroxylation sites is 1. The SMILES string of the molecule is NC(=O)/C=C/C(/C=C/C(N)=O)c1ccccc1[N+](=O)[O-]. The molecule has 4 N–H and O–H groups in total. The first kappa shape index (κ1) is 15.1. The van der Waals surface area contributed by atoms with Crippen LogP contribution in [0.5, 0.6) is 0 Å². The van der Waals surface area contributed by atoms with Gasteiger partial charge in [-0.15, -0.1) is 0 Å². The van der Waals surface area contributed by atoms with Crippen molar-refractivity contribution < 1.29 is 14.5 Å². The Morgan fingerprint density at radius 2 is 1.60 bits per heavy atom. The lowest BCUT2D eigenvalue weighted by molar-refractivity contribution is -0.385. The van der Waals surface area contributed by atoms with Crippen molar-refractivity contribution in [2.75, 3.05) is 0 Å². The van der Waals surface area contributed by atoms with Crippen molar-refractivity contribution in [3.05, 3.63) is 64.2 Å². The van der Waals surface area contributed by atoms with Gasteiger partial charge in [-0.25, -0.2) is 0 Å². The molecule has 0 aromatic heterocycles. The Labute approximate surface area is 114 Å². The van der Waals surface area contributed by atoms with E-state index in [1.165, 1.54) is 30.4 Å². The van der Waals surface area contributed by atoms with E-state index in [0.717, 1.165) is 12.2 Å². The van der Waals surface area contributed by atoms with Gasteiger partial charge in [0, 0.05) is 17.5 Å². The molecule has 0 radical (unpaired) electrons. The van der Waals surface area contributed by atoms with Gasteiger partial charge in [0.1, 0.15) is 0 Å². The molecule has 0 unspecified atom stereocenters. The minimum absolute atomic E-state index is 0.124. The lowest BCUT2D eigenvalue weighted by Crippen LogP contribution is -2.08. The number of nitrogens with zero attached hydrogens (tertiary/aromatic N) is 1. The van der Waals surface area contributed by atoms with Gasteiger partial charge < -0.3 is 11.5 Å². The molecule has 0 saturated heterocycles. The van der Waals surface area contributed by atoms with Crippen LogP contribution in [-0.2, 0) is 9.59 Å². The number of nitrogens with two attached hydrogens (primary N) is 2. The number of primary amides is 2. The smallest absolute Gasteiger partial charge is 0.273 e. The molecule has 7 heteroatoms. The maximum absolute atomic E-state index is 11.0. The molecule has 20 heavy (non-hydrogen) atoms. The van der Waals surface area contributed by atoms with Crippen LogP contribution in [0.25, 0.3) is 0 Å². The van der Waals surface area contributed by atoms with E-state index in [0.29, 0.717) is 5.56 Å². The zero-order chi connectivity index (χ0) is 15.1. The topological polar surface area (TPSA) is 129 Å². The molecule has 0 aliphatic carbocycles. The third kappa shape index (κ3) is 4.37. The van der Waals surface area contributed by atoms with Gasteiger partial charge in [0.15, 0.2) is 0 Å². The number of carbonyl (C=O) groups is 2. The Bertz CT molecular complexity index is 569. The maximum Gasteiger partial charge on any atom is 0.273 e. The van der Waals surface area contributed by atoms with Gasteiger partial charge >= 0.3 is 0 Å². The summed E-state index contributed by atoms with van der Waals surface area (Å²) in [5.74, 6) is -2.04. The fourth-order valence-corrected chi connectivity index (χ4v) is 1.60. The molecule has 0 aliphatic rings. The molecule has 2 amide bonds. The van der Waals surface area contributed by atoms with Gasteiger partial charge in [0.25, 0.3) is 5.69 Å². The van der Waals surface area contributed by atoms with Crippen LogP contribution in [0.2, 0.25) is 0 Å². The summed E-state index contributed by atoms with van der Waals surface area (Å²) in [6, 6.07) is 6.00. The van der Waals surface area contributed by atoms with Crippen LogP contribution in [0.4, 0.5) is 5.69 Å². The first-order chi connectivity index (χ1) is 9.41. The average Bonchev–Trinajstić information content (AvgIpc) is 2.38. The third-order valence-electron chi connectivity index (χ3n) is 2.43. The van der Waals surface area contributed by atoms with E-state index in [1.54, 1.807) is 6.07 Å². The average molecular weight is 275 g/mol. The van der Waals surface area contributed by atoms with Gasteiger partial charge in [0.05, 0.1) is 4.92 Å². The molecule has 104 valence electrons. The van der Waals surface area contributed by atoms with Gasteiger partial charge in [-0.2, -0.15) is 0 Å². The summed E-state index contributed by atoms with van der Waals surface area (Å²) in [6.45, 7) is 0. The Balaban J connectivity index is 3.26. The number of allylic oxidation sites excluding steroid dienone is 2. The number of hydrogen-bond donors (Lipinski definition) is 2. The second kappa shape index (κ2) is 6.83. The Morgan fingerprint density at radius 3 is 2.05 bits per heavy atom. The second-order valence-electron chi connectivity index (χ2n) is 3.86. The van der Waals surface area contributed by atoms with Crippen LogP contribution in [0.15, 0.2) is 48.6 Å². The molecule has 0 fully saturated rings. The van der Waals surface area contributed by atoms with Crippen molar-refractivity contribution in [2.24, 2.45) is 11.5 Å². The summed E-state index contributed by atoms with van der Waals surface area (Å²) in [5.41, 5.74) is 10.2. The molecule has 7 nitrogen and oxygen atoms in total. The van der Waals surface area contributed by atoms with E-state index in [-0.39, 0.29) is 5.69 Å². The number of hydrogen-bond acceptors (Lipinski definition) is 4. The number of amides is 2. The van der Waals surface area contributed by atoms with Crippen LogP contribution in [0.3, 0.4) is 0 Å². The third-order valence-corrected chi connectivity index (χ3v) is 2.43. The van der Waals surface area contributed by atoms with Crippen LogP contribution >= 0.6 is 0 Å². The van der Waals surface area contributed by atoms with Crippen molar-refractivity contribution in [3.63, 3.8) is 0 Å². The van der Waals surface area contributed by atoms with Gasteiger partial charge in [-0.3, -0.25) is 19.7 Å². The zero-order valence-electron chi connectivity index (χ0n) is 10.4. The molecule has 0 saturated carbocycles. The number of rotatable bonds is 6. The number of nitro benzene ring substituents is 1. The number of nitro groups is 1. The summed E-state index contributed by atoms with van der Waals surface area (Å²) in [7, 11) is 0. The summed E-state index contributed by atoms with van der Waals surface area (Å²) in [5, 5.41) is 11.0. The molecule has 0 aliphatic heterocycles. The van der Waals surface area contributed by atoms with E-state index < -0.39 is 22.7 Å². The predicted octanol–water partition coefficient (Wildman–Crippen LogP) is 0.761. The standard InChI is InChI=1S/C13H13N3O4/c14-12(17)7-5-9(6-8-13(15)18)10-3-1-2-4-11(10)16(19)20/h1-9H,(H2,14,17)(H2,15,18)/b7-5+,8-6+. The van der Waals surface area contributed by atoms with Crippen molar-refractivity contribution in [1.82, 2.24) is 0 Å². The van der Waals surface area contributed by atoms with Crippen molar-refractivity contribution in [1.29, 1.82) is 0 Å². The van der Waals surface area contributed by atoms with Crippen LogP contribution in [0.1, 0.15) is 11.5 Å². The molecule has 0 heterocycles. The Hall–Kier alpha value is -2.96. The zero-order valence-corrected chi connectivity index (χ0v) is 10.4. The molecule has 1 aromatic rings. The van der Waals surface area contributed by atoms with E-state index in [2.05, 4.69) is 0 Å². The van der Waals surface area contributed by atoms with Crippen LogP contribution in [0, 0.1) is 10.1 Å². The molecule has 1 aromatic carbocycles. The van der Waals surface area contributed by atoms with Gasteiger partial charge in [-0.05, 0) is 12.2 Å². The Morgan fingerprint density at radius 1 is 1.10 bits per heavy atom. The van der Waals surface area contributed by atoms with Crippen LogP contribution < -0.4 is 11.5 Å². The monoisotopic (exact) mass is 275 g/mol. The number of benzene rings is 1. The highest BCUT2D eigenvalue weighted by Gasteiger charge is 2.18. The summed E-state index contributed by atoms with van der Waals surface area (Å²) >= 11 is 0. The first-order valence-electron chi connectivity index (χ1n) is 5.60. The fourth-order valence-electron chi connectivity index (χ4n) is 1.60. The second-order valence-corrected chi connectivity index (χ2v) is 3.86. The van der Waals surface area contributed by atoms with E-state index in [4.69, 9.17) is 11.5 Å². The normalized spacial score (nSPS) is 11.2.